The number of hydrogen-bond acceptors (Lipinski definition) is 5. The third kappa shape index (κ3) is 5.75. The average Bonchev–Trinajstić information content (AvgIpc) is 3.15. The van der Waals surface area contributed by atoms with E-state index in [4.69, 9.17) is 11.6 Å². The molecule has 36 heavy (non-hydrogen) atoms. The molecule has 1 aromatic carbocycles. The van der Waals surface area contributed by atoms with Crippen LogP contribution in [-0.4, -0.2) is 27.8 Å². The van der Waals surface area contributed by atoms with Crippen LogP contribution in [0.3, 0.4) is 0 Å². The van der Waals surface area contributed by atoms with Crippen molar-refractivity contribution >= 4 is 50.8 Å². The van der Waals surface area contributed by atoms with Crippen LogP contribution < -0.4 is 10.9 Å². The molecule has 2 heterocycles. The van der Waals surface area contributed by atoms with Crippen molar-refractivity contribution in [2.24, 2.45) is 11.8 Å². The largest absolute Gasteiger partial charge is 0.417 e. The molecule has 194 valence electrons. The van der Waals surface area contributed by atoms with Gasteiger partial charge < -0.3 is 5.32 Å². The molecule has 0 aliphatic heterocycles. The summed E-state index contributed by atoms with van der Waals surface area (Å²) in [5.41, 5.74) is -0.507. The topological polar surface area (TPSA) is 64.0 Å². The van der Waals surface area contributed by atoms with Crippen molar-refractivity contribution < 1.29 is 18.0 Å². The summed E-state index contributed by atoms with van der Waals surface area (Å²) in [7, 11) is 0. The summed E-state index contributed by atoms with van der Waals surface area (Å²) >= 11 is 8.32. The van der Waals surface area contributed by atoms with E-state index in [1.807, 2.05) is 0 Å². The monoisotopic (exact) mass is 557 g/mol. The van der Waals surface area contributed by atoms with E-state index in [9.17, 15) is 22.8 Å². The number of carbonyl (C=O) groups excluding carboxylic acids is 1. The average molecular weight is 558 g/mol. The zero-order valence-electron chi connectivity index (χ0n) is 20.2. The van der Waals surface area contributed by atoms with Gasteiger partial charge in [0.15, 0.2) is 5.16 Å². The Kier molecular flexibility index (Phi) is 8.07. The second kappa shape index (κ2) is 10.8. The van der Waals surface area contributed by atoms with Crippen LogP contribution in [0.15, 0.2) is 28.2 Å². The van der Waals surface area contributed by atoms with Crippen molar-refractivity contribution in [2.75, 3.05) is 12.3 Å². The van der Waals surface area contributed by atoms with Crippen LogP contribution in [0.2, 0.25) is 5.02 Å². The van der Waals surface area contributed by atoms with Gasteiger partial charge in [-0.2, -0.15) is 13.2 Å². The number of halogens is 4. The molecule has 1 unspecified atom stereocenters. The molecule has 1 N–H and O–H groups in total. The van der Waals surface area contributed by atoms with Gasteiger partial charge in [0.25, 0.3) is 5.56 Å². The molecule has 11 heteroatoms. The lowest BCUT2D eigenvalue weighted by molar-refractivity contribution is -0.137. The number of carbonyl (C=O) groups is 1. The molecule has 1 atom stereocenters. The first kappa shape index (κ1) is 27.0. The number of hydrogen-bond donors (Lipinski definition) is 1. The third-order valence-electron chi connectivity index (χ3n) is 6.19. The molecule has 4 rings (SSSR count). The summed E-state index contributed by atoms with van der Waals surface area (Å²) in [6.07, 6.45) is -1.35. The summed E-state index contributed by atoms with van der Waals surface area (Å²) in [6, 6.07) is 3.37. The van der Waals surface area contributed by atoms with Crippen molar-refractivity contribution in [1.82, 2.24) is 14.9 Å². The van der Waals surface area contributed by atoms with Crippen LogP contribution in [0.5, 0.6) is 0 Å². The fourth-order valence-corrected chi connectivity index (χ4v) is 6.74. The lowest BCUT2D eigenvalue weighted by Gasteiger charge is -2.18. The van der Waals surface area contributed by atoms with Crippen LogP contribution in [-0.2, 0) is 23.8 Å². The molecule has 0 radical (unpaired) electrons. The Morgan fingerprint density at radius 2 is 2.11 bits per heavy atom. The van der Waals surface area contributed by atoms with Gasteiger partial charge in [0.2, 0.25) is 5.91 Å². The van der Waals surface area contributed by atoms with Crippen molar-refractivity contribution in [3.63, 3.8) is 0 Å². The van der Waals surface area contributed by atoms with Crippen molar-refractivity contribution in [3.8, 4) is 5.69 Å². The van der Waals surface area contributed by atoms with E-state index >= 15 is 0 Å². The molecule has 0 saturated carbocycles. The summed E-state index contributed by atoms with van der Waals surface area (Å²) in [6.45, 7) is 6.80. The number of alkyl halides is 3. The summed E-state index contributed by atoms with van der Waals surface area (Å²) in [4.78, 5) is 32.6. The maximum absolute atomic E-state index is 13.8. The Balaban J connectivity index is 1.80. The first-order chi connectivity index (χ1) is 17.0. The van der Waals surface area contributed by atoms with Gasteiger partial charge in [-0.1, -0.05) is 44.1 Å². The first-order valence-electron chi connectivity index (χ1n) is 11.8. The highest BCUT2D eigenvalue weighted by Crippen LogP contribution is 2.39. The summed E-state index contributed by atoms with van der Waals surface area (Å²) in [5, 5.41) is 3.02. The van der Waals surface area contributed by atoms with Crippen molar-refractivity contribution in [3.05, 3.63) is 49.6 Å². The molecule has 0 fully saturated rings. The molecule has 0 bridgehead atoms. The van der Waals surface area contributed by atoms with Gasteiger partial charge in [0, 0.05) is 11.4 Å². The minimum atomic E-state index is -4.68. The van der Waals surface area contributed by atoms with E-state index in [-0.39, 0.29) is 22.5 Å². The minimum Gasteiger partial charge on any atom is -0.355 e. The van der Waals surface area contributed by atoms with E-state index in [1.165, 1.54) is 22.0 Å². The number of nitrogens with zero attached hydrogens (tertiary/aromatic N) is 2. The predicted octanol–water partition coefficient (Wildman–Crippen LogP) is 6.50. The van der Waals surface area contributed by atoms with Gasteiger partial charge in [-0.25, -0.2) is 4.98 Å². The second-order valence-electron chi connectivity index (χ2n) is 9.55. The Morgan fingerprint density at radius 3 is 2.81 bits per heavy atom. The highest BCUT2D eigenvalue weighted by atomic mass is 35.5. The van der Waals surface area contributed by atoms with Gasteiger partial charge in [-0.15, -0.1) is 11.3 Å². The number of aryl methyl sites for hydroxylation is 1. The number of thioether (sulfide) groups is 1. The summed E-state index contributed by atoms with van der Waals surface area (Å²) in [5.74, 6) is 0.681. The number of fused-ring (bicyclic) bond motifs is 3. The molecule has 0 saturated heterocycles. The number of thiophene rings is 1. The van der Waals surface area contributed by atoms with Crippen molar-refractivity contribution in [1.29, 1.82) is 0 Å². The van der Waals surface area contributed by atoms with E-state index in [1.54, 1.807) is 0 Å². The maximum atomic E-state index is 13.8. The number of aromatic nitrogens is 2. The molecule has 1 amide bonds. The molecule has 5 nitrogen and oxygen atoms in total. The zero-order chi connectivity index (χ0) is 26.2. The fourth-order valence-electron chi connectivity index (χ4n) is 4.25. The Hall–Kier alpha value is -2.04. The van der Waals surface area contributed by atoms with Crippen LogP contribution in [0.4, 0.5) is 13.2 Å². The molecular weight excluding hydrogens is 531 g/mol. The Bertz CT molecular complexity index is 1350. The first-order valence-corrected chi connectivity index (χ1v) is 14.0. The third-order valence-corrected chi connectivity index (χ3v) is 8.60. The molecule has 1 aliphatic rings. The lowest BCUT2D eigenvalue weighted by atomic mass is 9.89. The van der Waals surface area contributed by atoms with Crippen LogP contribution in [0.25, 0.3) is 15.9 Å². The van der Waals surface area contributed by atoms with Crippen LogP contribution in [0.1, 0.15) is 49.6 Å². The molecular formula is C25H27ClF3N3O2S2. The highest BCUT2D eigenvalue weighted by Gasteiger charge is 2.34. The number of benzene rings is 1. The van der Waals surface area contributed by atoms with Gasteiger partial charge in [-0.05, 0) is 61.3 Å². The fraction of sp³-hybridized carbons (Fsp3) is 0.480. The quantitative estimate of drug-likeness (QED) is 0.266. The Morgan fingerprint density at radius 1 is 1.36 bits per heavy atom. The summed E-state index contributed by atoms with van der Waals surface area (Å²) < 4.78 is 42.0. The molecule has 0 spiro atoms. The molecule has 1 aliphatic carbocycles. The van der Waals surface area contributed by atoms with Crippen molar-refractivity contribution in [2.45, 2.75) is 57.8 Å². The molecule has 2 aromatic heterocycles. The predicted molar refractivity (Wildman–Crippen MR) is 140 cm³/mol. The maximum Gasteiger partial charge on any atom is 0.417 e. The van der Waals surface area contributed by atoms with Crippen LogP contribution in [0, 0.1) is 11.8 Å². The SMILES string of the molecule is CC(C)CCNC(=O)CSc1nc2sc3c(c2c(=O)n1-c1ccc(Cl)c(C(F)(F)F)c1)CCC(C)C3. The second-order valence-corrected chi connectivity index (χ2v) is 12.0. The Labute approximate surface area is 220 Å². The van der Waals surface area contributed by atoms with Crippen LogP contribution >= 0.6 is 34.7 Å². The zero-order valence-corrected chi connectivity index (χ0v) is 22.6. The molecule has 3 aromatic rings. The van der Waals surface area contributed by atoms with Gasteiger partial charge in [0.05, 0.1) is 27.4 Å². The normalized spacial score (nSPS) is 15.9. The van der Waals surface area contributed by atoms with Gasteiger partial charge >= 0.3 is 6.18 Å². The van der Waals surface area contributed by atoms with E-state index in [0.717, 1.165) is 60.0 Å². The van der Waals surface area contributed by atoms with E-state index in [0.29, 0.717) is 28.6 Å². The highest BCUT2D eigenvalue weighted by molar-refractivity contribution is 7.99. The van der Waals surface area contributed by atoms with E-state index < -0.39 is 22.3 Å². The standard InChI is InChI=1S/C25H27ClF3N3O2S2/c1-13(2)8-9-30-20(33)12-35-24-31-22-21(16-6-4-14(3)10-19(16)36-22)23(34)32(24)15-5-7-18(26)17(11-15)25(27,28)29/h5,7,11,13-14H,4,6,8-10,12H2,1-3H3,(H,30,33). The van der Waals surface area contributed by atoms with E-state index in [2.05, 4.69) is 31.1 Å². The van der Waals surface area contributed by atoms with Gasteiger partial charge in [-0.3, -0.25) is 14.2 Å². The number of rotatable bonds is 7. The smallest absolute Gasteiger partial charge is 0.355 e. The number of amides is 1. The minimum absolute atomic E-state index is 0.0120. The van der Waals surface area contributed by atoms with Gasteiger partial charge in [0.1, 0.15) is 4.83 Å². The number of nitrogens with one attached hydrogen (secondary N) is 1. The lowest BCUT2D eigenvalue weighted by Crippen LogP contribution is -2.28.